The van der Waals surface area contributed by atoms with Crippen LogP contribution in [0.4, 0.5) is 0 Å². The Kier molecular flexibility index (Phi) is 3.82. The van der Waals surface area contributed by atoms with E-state index in [2.05, 4.69) is 22.6 Å². The van der Waals surface area contributed by atoms with Gasteiger partial charge in [-0.05, 0) is 34.1 Å². The van der Waals surface area contributed by atoms with Crippen molar-refractivity contribution in [2.24, 2.45) is 5.41 Å². The van der Waals surface area contributed by atoms with Crippen molar-refractivity contribution in [2.45, 2.75) is 50.1 Å². The smallest absolute Gasteiger partial charge is 0.322 e. The summed E-state index contributed by atoms with van der Waals surface area (Å²) >= 11 is 2.08. The number of ether oxygens (including phenoxy) is 2. The molecule has 1 aliphatic rings. The lowest BCUT2D eigenvalue weighted by Gasteiger charge is -2.35. The van der Waals surface area contributed by atoms with Crippen molar-refractivity contribution in [3.8, 4) is 0 Å². The Morgan fingerprint density at radius 3 is 2.41 bits per heavy atom. The number of carbonyl (C=O) groups excluding carboxylic acids is 2. The molecule has 0 aromatic heterocycles. The van der Waals surface area contributed by atoms with Crippen molar-refractivity contribution in [3.63, 3.8) is 0 Å². The molecule has 4 nitrogen and oxygen atoms in total. The van der Waals surface area contributed by atoms with Crippen LogP contribution < -0.4 is 0 Å². The van der Waals surface area contributed by atoms with Crippen LogP contribution in [0.1, 0.15) is 41.0 Å². The maximum atomic E-state index is 12.1. The van der Waals surface area contributed by atoms with Crippen LogP contribution >= 0.6 is 22.6 Å². The van der Waals surface area contributed by atoms with Crippen LogP contribution in [0.15, 0.2) is 0 Å². The molecule has 0 bridgehead atoms. The molecular formula is C12H19IO4. The molecule has 1 fully saturated rings. The first kappa shape index (κ1) is 14.7. The number of carbonyl (C=O) groups is 2. The lowest BCUT2D eigenvalue weighted by Crippen LogP contribution is -2.49. The average Bonchev–Trinajstić information content (AvgIpc) is 2.42. The molecule has 1 heterocycles. The lowest BCUT2D eigenvalue weighted by atomic mass is 9.78. The summed E-state index contributed by atoms with van der Waals surface area (Å²) in [4.78, 5) is 23.7. The predicted molar refractivity (Wildman–Crippen MR) is 72.0 cm³/mol. The van der Waals surface area contributed by atoms with E-state index in [0.717, 1.165) is 0 Å². The van der Waals surface area contributed by atoms with Crippen LogP contribution in [0.5, 0.6) is 0 Å². The van der Waals surface area contributed by atoms with Crippen molar-refractivity contribution in [3.05, 3.63) is 0 Å². The first-order valence-corrected chi connectivity index (χ1v) is 6.74. The van der Waals surface area contributed by atoms with Gasteiger partial charge in [0.25, 0.3) is 0 Å². The molecule has 0 radical (unpaired) electrons. The van der Waals surface area contributed by atoms with Crippen molar-refractivity contribution >= 4 is 34.5 Å². The highest BCUT2D eigenvalue weighted by Gasteiger charge is 2.57. The first-order chi connectivity index (χ1) is 7.57. The van der Waals surface area contributed by atoms with Crippen LogP contribution in [0, 0.1) is 5.41 Å². The summed E-state index contributed by atoms with van der Waals surface area (Å²) in [6, 6.07) is 0. The van der Waals surface area contributed by atoms with Gasteiger partial charge in [0.1, 0.15) is 15.4 Å². The molecule has 98 valence electrons. The molecule has 0 aromatic rings. The fourth-order valence-corrected chi connectivity index (χ4v) is 1.50. The molecular weight excluding hydrogens is 335 g/mol. The quantitative estimate of drug-likeness (QED) is 0.444. The predicted octanol–water partition coefficient (Wildman–Crippen LogP) is 2.48. The van der Waals surface area contributed by atoms with Crippen LogP contribution in [0.25, 0.3) is 0 Å². The number of hydrogen-bond donors (Lipinski definition) is 0. The molecule has 1 saturated heterocycles. The van der Waals surface area contributed by atoms with Crippen LogP contribution in [0.2, 0.25) is 0 Å². The molecule has 0 spiro atoms. The van der Waals surface area contributed by atoms with E-state index in [1.54, 1.807) is 20.8 Å². The van der Waals surface area contributed by atoms with Gasteiger partial charge in [-0.15, -0.1) is 0 Å². The van der Waals surface area contributed by atoms with Gasteiger partial charge in [-0.3, -0.25) is 9.59 Å². The Bertz CT molecular complexity index is 348. The average molecular weight is 354 g/mol. The van der Waals surface area contributed by atoms with Crippen molar-refractivity contribution in [1.82, 2.24) is 0 Å². The number of alkyl halides is 1. The molecule has 0 N–H and O–H groups in total. The van der Waals surface area contributed by atoms with E-state index in [0.29, 0.717) is 6.42 Å². The van der Waals surface area contributed by atoms with Gasteiger partial charge >= 0.3 is 11.9 Å². The maximum Gasteiger partial charge on any atom is 0.322 e. The van der Waals surface area contributed by atoms with E-state index in [-0.39, 0.29) is 18.5 Å². The molecule has 0 saturated carbocycles. The Morgan fingerprint density at radius 1 is 1.53 bits per heavy atom. The second-order valence-electron chi connectivity index (χ2n) is 5.37. The van der Waals surface area contributed by atoms with E-state index in [1.165, 1.54) is 0 Å². The van der Waals surface area contributed by atoms with Crippen LogP contribution in [0.3, 0.4) is 0 Å². The second kappa shape index (κ2) is 4.40. The number of esters is 2. The minimum Gasteiger partial charge on any atom is -0.461 e. The lowest BCUT2D eigenvalue weighted by molar-refractivity contribution is -0.169. The topological polar surface area (TPSA) is 52.6 Å². The third-order valence-corrected chi connectivity index (χ3v) is 4.92. The number of cyclic esters (lactones) is 1. The van der Waals surface area contributed by atoms with E-state index in [4.69, 9.17) is 9.47 Å². The zero-order valence-corrected chi connectivity index (χ0v) is 13.1. The Labute approximate surface area is 116 Å². The zero-order chi connectivity index (χ0) is 13.5. The van der Waals surface area contributed by atoms with Crippen molar-refractivity contribution < 1.29 is 19.1 Å². The molecule has 17 heavy (non-hydrogen) atoms. The van der Waals surface area contributed by atoms with Gasteiger partial charge in [-0.1, -0.05) is 29.5 Å². The summed E-state index contributed by atoms with van der Waals surface area (Å²) in [5, 5.41) is 0. The van der Waals surface area contributed by atoms with Gasteiger partial charge in [-0.2, -0.15) is 0 Å². The Hall–Kier alpha value is -0.330. The van der Waals surface area contributed by atoms with Crippen LogP contribution in [-0.4, -0.2) is 27.6 Å². The summed E-state index contributed by atoms with van der Waals surface area (Å²) < 4.78 is 9.99. The molecule has 5 heteroatoms. The summed E-state index contributed by atoms with van der Waals surface area (Å²) in [6.45, 7) is 9.11. The largest absolute Gasteiger partial charge is 0.461 e. The fourth-order valence-electron chi connectivity index (χ4n) is 1.39. The SMILES string of the molecule is CCC(C)(I)C(=O)OC1(C)COC(=O)C1(C)C. The molecule has 1 aliphatic heterocycles. The monoisotopic (exact) mass is 354 g/mol. The van der Waals surface area contributed by atoms with Crippen LogP contribution in [-0.2, 0) is 19.1 Å². The first-order valence-electron chi connectivity index (χ1n) is 5.66. The van der Waals surface area contributed by atoms with E-state index >= 15 is 0 Å². The highest BCUT2D eigenvalue weighted by Crippen LogP contribution is 2.42. The van der Waals surface area contributed by atoms with Gasteiger partial charge in [-0.25, -0.2) is 0 Å². The summed E-state index contributed by atoms with van der Waals surface area (Å²) in [5.41, 5.74) is -1.69. The number of hydrogen-bond acceptors (Lipinski definition) is 4. The van der Waals surface area contributed by atoms with Gasteiger partial charge in [0.2, 0.25) is 0 Å². The standard InChI is InChI=1S/C12H19IO4/c1-6-11(4,13)9(15)17-12(5)7-16-8(14)10(12,2)3/h6-7H2,1-5H3. The van der Waals surface area contributed by atoms with E-state index < -0.39 is 14.4 Å². The van der Waals surface area contributed by atoms with E-state index in [9.17, 15) is 9.59 Å². The van der Waals surface area contributed by atoms with Gasteiger partial charge in [0, 0.05) is 0 Å². The fraction of sp³-hybridized carbons (Fsp3) is 0.833. The summed E-state index contributed by atoms with van der Waals surface area (Å²) in [6.07, 6.45) is 0.678. The van der Waals surface area contributed by atoms with Gasteiger partial charge < -0.3 is 9.47 Å². The van der Waals surface area contributed by atoms with Gasteiger partial charge in [0.05, 0.1) is 0 Å². The minimum atomic E-state index is -0.886. The molecule has 0 aliphatic carbocycles. The summed E-state index contributed by atoms with van der Waals surface area (Å²) in [5.74, 6) is -0.617. The second-order valence-corrected chi connectivity index (χ2v) is 7.75. The Balaban J connectivity index is 2.89. The number of rotatable bonds is 3. The molecule has 2 atom stereocenters. The third kappa shape index (κ3) is 2.44. The normalized spacial score (nSPS) is 30.6. The van der Waals surface area contributed by atoms with Crippen molar-refractivity contribution in [2.75, 3.05) is 6.61 Å². The molecule has 0 amide bonds. The van der Waals surface area contributed by atoms with Gasteiger partial charge in [0.15, 0.2) is 5.60 Å². The highest BCUT2D eigenvalue weighted by molar-refractivity contribution is 14.1. The minimum absolute atomic E-state index is 0.126. The van der Waals surface area contributed by atoms with E-state index in [1.807, 2.05) is 13.8 Å². The summed E-state index contributed by atoms with van der Waals surface area (Å²) in [7, 11) is 0. The zero-order valence-electron chi connectivity index (χ0n) is 10.9. The molecule has 2 unspecified atom stereocenters. The highest BCUT2D eigenvalue weighted by atomic mass is 127. The molecule has 0 aromatic carbocycles. The molecule has 1 rings (SSSR count). The maximum absolute atomic E-state index is 12.1. The number of halogens is 1. The Morgan fingerprint density at radius 2 is 2.06 bits per heavy atom. The third-order valence-electron chi connectivity index (χ3n) is 3.72. The van der Waals surface area contributed by atoms with Crippen molar-refractivity contribution in [1.29, 1.82) is 0 Å².